The number of likely N-dealkylation sites (tertiary alicyclic amines) is 1. The molecule has 0 radical (unpaired) electrons. The summed E-state index contributed by atoms with van der Waals surface area (Å²) in [6.07, 6.45) is 3.54. The SMILES string of the molecule is COc1cccc(CN2CC[C@@]3(CCCO3)[C@@H](OC)C2)c1. The first-order chi connectivity index (χ1) is 10.3. The van der Waals surface area contributed by atoms with Crippen LogP contribution in [0.4, 0.5) is 0 Å². The number of methoxy groups -OCH3 is 2. The van der Waals surface area contributed by atoms with Crippen molar-refractivity contribution in [2.24, 2.45) is 0 Å². The van der Waals surface area contributed by atoms with E-state index >= 15 is 0 Å². The van der Waals surface area contributed by atoms with Crippen molar-refractivity contribution < 1.29 is 14.2 Å². The van der Waals surface area contributed by atoms with E-state index in [2.05, 4.69) is 17.0 Å². The van der Waals surface area contributed by atoms with E-state index in [-0.39, 0.29) is 11.7 Å². The Morgan fingerprint density at radius 1 is 1.33 bits per heavy atom. The van der Waals surface area contributed by atoms with Gasteiger partial charge in [0.2, 0.25) is 0 Å². The van der Waals surface area contributed by atoms with Crippen LogP contribution in [0.1, 0.15) is 24.8 Å². The Balaban J connectivity index is 1.65. The molecule has 0 saturated carbocycles. The molecule has 2 fully saturated rings. The standard InChI is InChI=1S/C17H25NO3/c1-19-15-6-3-5-14(11-15)12-18-9-8-17(7-4-10-21-17)16(13-18)20-2/h3,5-6,11,16H,4,7-10,12-13H2,1-2H3/t16-,17-/m0/s1. The quantitative estimate of drug-likeness (QED) is 0.853. The zero-order valence-corrected chi connectivity index (χ0v) is 13.0. The van der Waals surface area contributed by atoms with Crippen LogP contribution in [0.15, 0.2) is 24.3 Å². The highest BCUT2D eigenvalue weighted by Gasteiger charge is 2.46. The summed E-state index contributed by atoms with van der Waals surface area (Å²) in [5, 5.41) is 0. The van der Waals surface area contributed by atoms with Gasteiger partial charge in [0.15, 0.2) is 0 Å². The smallest absolute Gasteiger partial charge is 0.119 e. The van der Waals surface area contributed by atoms with Crippen molar-refractivity contribution in [2.75, 3.05) is 33.9 Å². The molecule has 21 heavy (non-hydrogen) atoms. The number of piperidine rings is 1. The van der Waals surface area contributed by atoms with Crippen molar-refractivity contribution in [1.82, 2.24) is 4.90 Å². The van der Waals surface area contributed by atoms with Crippen LogP contribution in [0.25, 0.3) is 0 Å². The van der Waals surface area contributed by atoms with E-state index in [1.165, 1.54) is 5.56 Å². The molecular weight excluding hydrogens is 266 g/mol. The van der Waals surface area contributed by atoms with Gasteiger partial charge in [-0.05, 0) is 37.0 Å². The summed E-state index contributed by atoms with van der Waals surface area (Å²) in [6.45, 7) is 3.83. The van der Waals surface area contributed by atoms with Crippen LogP contribution >= 0.6 is 0 Å². The van der Waals surface area contributed by atoms with E-state index < -0.39 is 0 Å². The lowest BCUT2D eigenvalue weighted by Crippen LogP contribution is -2.55. The monoisotopic (exact) mass is 291 g/mol. The third-order valence-corrected chi connectivity index (χ3v) is 4.82. The Morgan fingerprint density at radius 2 is 2.24 bits per heavy atom. The average Bonchev–Trinajstić information content (AvgIpc) is 2.99. The highest BCUT2D eigenvalue weighted by Crippen LogP contribution is 2.37. The minimum atomic E-state index is -0.0281. The first-order valence-corrected chi connectivity index (χ1v) is 7.78. The van der Waals surface area contributed by atoms with Crippen molar-refractivity contribution >= 4 is 0 Å². The second-order valence-corrected chi connectivity index (χ2v) is 6.08. The lowest BCUT2D eigenvalue weighted by Gasteiger charge is -2.44. The molecule has 2 heterocycles. The molecule has 2 aliphatic rings. The van der Waals surface area contributed by atoms with Gasteiger partial charge >= 0.3 is 0 Å². The van der Waals surface area contributed by atoms with Crippen molar-refractivity contribution in [3.8, 4) is 5.75 Å². The first kappa shape index (κ1) is 14.8. The molecule has 0 aromatic heterocycles. The number of hydrogen-bond acceptors (Lipinski definition) is 4. The highest BCUT2D eigenvalue weighted by atomic mass is 16.5. The van der Waals surface area contributed by atoms with Crippen LogP contribution in [0.2, 0.25) is 0 Å². The Bertz CT molecular complexity index is 471. The molecule has 0 aliphatic carbocycles. The van der Waals surface area contributed by atoms with Crippen LogP contribution < -0.4 is 4.74 Å². The molecule has 4 heteroatoms. The molecule has 2 aliphatic heterocycles. The molecule has 0 amide bonds. The largest absolute Gasteiger partial charge is 0.497 e. The molecule has 3 rings (SSSR count). The van der Waals surface area contributed by atoms with Gasteiger partial charge in [-0.15, -0.1) is 0 Å². The number of hydrogen-bond donors (Lipinski definition) is 0. The molecule has 1 spiro atoms. The van der Waals surface area contributed by atoms with Gasteiger partial charge in [0.1, 0.15) is 5.75 Å². The molecule has 0 N–H and O–H groups in total. The fourth-order valence-corrected chi connectivity index (χ4v) is 3.63. The van der Waals surface area contributed by atoms with Crippen LogP contribution in [0.3, 0.4) is 0 Å². The van der Waals surface area contributed by atoms with E-state index in [4.69, 9.17) is 14.2 Å². The Kier molecular flexibility index (Phi) is 4.48. The molecule has 0 bridgehead atoms. The van der Waals surface area contributed by atoms with Gasteiger partial charge in [-0.1, -0.05) is 12.1 Å². The van der Waals surface area contributed by atoms with Crippen LogP contribution in [-0.4, -0.2) is 50.5 Å². The summed E-state index contributed by atoms with van der Waals surface area (Å²) in [6, 6.07) is 8.30. The third kappa shape index (κ3) is 3.07. The lowest BCUT2D eigenvalue weighted by molar-refractivity contribution is -0.143. The van der Waals surface area contributed by atoms with Gasteiger partial charge in [0, 0.05) is 33.4 Å². The fraction of sp³-hybridized carbons (Fsp3) is 0.647. The first-order valence-electron chi connectivity index (χ1n) is 7.78. The molecule has 4 nitrogen and oxygen atoms in total. The molecular formula is C17H25NO3. The van der Waals surface area contributed by atoms with Crippen molar-refractivity contribution in [3.63, 3.8) is 0 Å². The maximum Gasteiger partial charge on any atom is 0.119 e. The fourth-order valence-electron chi connectivity index (χ4n) is 3.63. The summed E-state index contributed by atoms with van der Waals surface area (Å²) in [5.74, 6) is 0.920. The van der Waals surface area contributed by atoms with Crippen LogP contribution in [-0.2, 0) is 16.0 Å². The minimum absolute atomic E-state index is 0.0281. The summed E-state index contributed by atoms with van der Waals surface area (Å²) < 4.78 is 17.1. The molecule has 2 atom stereocenters. The average molecular weight is 291 g/mol. The van der Waals surface area contributed by atoms with E-state index in [9.17, 15) is 0 Å². The zero-order chi connectivity index (χ0) is 14.7. The van der Waals surface area contributed by atoms with Crippen LogP contribution in [0.5, 0.6) is 5.75 Å². The van der Waals surface area contributed by atoms with Gasteiger partial charge in [-0.3, -0.25) is 4.90 Å². The van der Waals surface area contributed by atoms with Gasteiger partial charge in [0.25, 0.3) is 0 Å². The Morgan fingerprint density at radius 3 is 2.95 bits per heavy atom. The van der Waals surface area contributed by atoms with Crippen molar-refractivity contribution in [1.29, 1.82) is 0 Å². The number of ether oxygens (including phenoxy) is 3. The maximum absolute atomic E-state index is 6.05. The summed E-state index contributed by atoms with van der Waals surface area (Å²) in [5.41, 5.74) is 1.26. The Hall–Kier alpha value is -1.10. The van der Waals surface area contributed by atoms with Gasteiger partial charge in [-0.25, -0.2) is 0 Å². The van der Waals surface area contributed by atoms with Gasteiger partial charge < -0.3 is 14.2 Å². The van der Waals surface area contributed by atoms with Gasteiger partial charge in [-0.2, -0.15) is 0 Å². The molecule has 2 saturated heterocycles. The van der Waals surface area contributed by atoms with E-state index in [0.717, 1.165) is 51.3 Å². The Labute approximate surface area is 127 Å². The van der Waals surface area contributed by atoms with Crippen molar-refractivity contribution in [2.45, 2.75) is 37.5 Å². The van der Waals surface area contributed by atoms with Crippen molar-refractivity contribution in [3.05, 3.63) is 29.8 Å². The minimum Gasteiger partial charge on any atom is -0.497 e. The van der Waals surface area contributed by atoms with E-state index in [1.54, 1.807) is 7.11 Å². The number of benzene rings is 1. The predicted octanol–water partition coefficient (Wildman–Crippen LogP) is 2.47. The predicted molar refractivity (Wildman–Crippen MR) is 81.6 cm³/mol. The maximum atomic E-state index is 6.05. The molecule has 116 valence electrons. The van der Waals surface area contributed by atoms with E-state index in [0.29, 0.717) is 0 Å². The number of nitrogens with zero attached hydrogens (tertiary/aromatic N) is 1. The van der Waals surface area contributed by atoms with E-state index in [1.807, 2.05) is 19.2 Å². The molecule has 0 unspecified atom stereocenters. The third-order valence-electron chi connectivity index (χ3n) is 4.82. The highest BCUT2D eigenvalue weighted by molar-refractivity contribution is 5.28. The molecule has 1 aromatic carbocycles. The van der Waals surface area contributed by atoms with Crippen LogP contribution in [0, 0.1) is 0 Å². The lowest BCUT2D eigenvalue weighted by atomic mass is 9.85. The summed E-state index contributed by atoms with van der Waals surface area (Å²) in [4.78, 5) is 2.45. The number of rotatable bonds is 4. The summed E-state index contributed by atoms with van der Waals surface area (Å²) in [7, 11) is 3.52. The van der Waals surface area contributed by atoms with Gasteiger partial charge in [0.05, 0.1) is 18.8 Å². The summed E-state index contributed by atoms with van der Waals surface area (Å²) >= 11 is 0. The normalized spacial score (nSPS) is 29.9. The zero-order valence-electron chi connectivity index (χ0n) is 13.0. The second-order valence-electron chi connectivity index (χ2n) is 6.08. The molecule has 1 aromatic rings. The topological polar surface area (TPSA) is 30.9 Å². The second kappa shape index (κ2) is 6.34.